The summed E-state index contributed by atoms with van der Waals surface area (Å²) in [4.78, 5) is 13.1. The molecule has 4 rings (SSSR count). The molecule has 1 fully saturated rings. The maximum Gasteiger partial charge on any atom is 0.255 e. The van der Waals surface area contributed by atoms with Crippen LogP contribution >= 0.6 is 0 Å². The van der Waals surface area contributed by atoms with Crippen molar-refractivity contribution in [1.82, 2.24) is 4.72 Å². The highest BCUT2D eigenvalue weighted by atomic mass is 32.2. The summed E-state index contributed by atoms with van der Waals surface area (Å²) in [5.74, 6) is -0.323. The molecule has 0 heterocycles. The average Bonchev–Trinajstić information content (AvgIpc) is 3.53. The monoisotopic (exact) mass is 420 g/mol. The van der Waals surface area contributed by atoms with E-state index in [-0.39, 0.29) is 16.8 Å². The molecule has 0 atom stereocenters. The predicted molar refractivity (Wildman–Crippen MR) is 118 cm³/mol. The highest BCUT2D eigenvalue weighted by molar-refractivity contribution is 7.89. The number of hydrogen-bond acceptors (Lipinski definition) is 3. The summed E-state index contributed by atoms with van der Waals surface area (Å²) in [5.41, 5.74) is 3.93. The quantitative estimate of drug-likeness (QED) is 0.599. The SMILES string of the molecule is Cc1ccc(S(=O)(=O)NC2CC2)cc1C(=O)Nc1ccccc1Cc1ccccc1. The predicted octanol–water partition coefficient (Wildman–Crippen LogP) is 4.28. The highest BCUT2D eigenvalue weighted by Gasteiger charge is 2.28. The topological polar surface area (TPSA) is 75.3 Å². The molecule has 0 aromatic heterocycles. The number of aryl methyl sites for hydroxylation is 1. The van der Waals surface area contributed by atoms with Crippen LogP contribution in [-0.2, 0) is 16.4 Å². The number of rotatable bonds is 7. The van der Waals surface area contributed by atoms with Crippen molar-refractivity contribution in [2.24, 2.45) is 0 Å². The van der Waals surface area contributed by atoms with Gasteiger partial charge in [-0.25, -0.2) is 13.1 Å². The normalized spacial score (nSPS) is 13.8. The molecule has 0 spiro atoms. The lowest BCUT2D eigenvalue weighted by molar-refractivity contribution is 0.102. The molecule has 0 bridgehead atoms. The molecule has 3 aromatic rings. The number of nitrogens with one attached hydrogen (secondary N) is 2. The number of amides is 1. The molecule has 0 saturated heterocycles. The molecule has 1 saturated carbocycles. The molecule has 5 nitrogen and oxygen atoms in total. The van der Waals surface area contributed by atoms with Crippen molar-refractivity contribution < 1.29 is 13.2 Å². The van der Waals surface area contributed by atoms with Gasteiger partial charge in [-0.1, -0.05) is 54.6 Å². The van der Waals surface area contributed by atoms with Crippen LogP contribution in [0.4, 0.5) is 5.69 Å². The van der Waals surface area contributed by atoms with Gasteiger partial charge in [0.25, 0.3) is 5.91 Å². The van der Waals surface area contributed by atoms with Crippen LogP contribution in [0.5, 0.6) is 0 Å². The second-order valence-electron chi connectivity index (χ2n) is 7.65. The average molecular weight is 421 g/mol. The van der Waals surface area contributed by atoms with Gasteiger partial charge < -0.3 is 5.32 Å². The summed E-state index contributed by atoms with van der Waals surface area (Å²) in [7, 11) is -3.62. The van der Waals surface area contributed by atoms with Crippen LogP contribution < -0.4 is 10.0 Å². The van der Waals surface area contributed by atoms with Gasteiger partial charge in [-0.15, -0.1) is 0 Å². The molecular formula is C24H24N2O3S. The Labute approximate surface area is 177 Å². The van der Waals surface area contributed by atoms with Crippen LogP contribution in [0.2, 0.25) is 0 Å². The standard InChI is InChI=1S/C24H24N2O3S/c1-17-11-14-21(30(28,29)26-20-12-13-20)16-22(17)24(27)25-23-10-6-5-9-19(23)15-18-7-3-2-4-8-18/h2-11,14,16,20,26H,12-13,15H2,1H3,(H,25,27). The largest absolute Gasteiger partial charge is 0.322 e. The van der Waals surface area contributed by atoms with E-state index >= 15 is 0 Å². The van der Waals surface area contributed by atoms with Gasteiger partial charge in [0, 0.05) is 17.3 Å². The van der Waals surface area contributed by atoms with Gasteiger partial charge in [0.15, 0.2) is 0 Å². The fourth-order valence-corrected chi connectivity index (χ4v) is 4.63. The van der Waals surface area contributed by atoms with Gasteiger partial charge in [0.05, 0.1) is 4.90 Å². The second kappa shape index (κ2) is 8.42. The molecule has 1 amide bonds. The number of hydrogen-bond donors (Lipinski definition) is 2. The first-order valence-electron chi connectivity index (χ1n) is 9.98. The van der Waals surface area contributed by atoms with E-state index in [0.29, 0.717) is 12.0 Å². The third-order valence-corrected chi connectivity index (χ3v) is 6.68. The summed E-state index contributed by atoms with van der Waals surface area (Å²) >= 11 is 0. The Bertz CT molecular complexity index is 1170. The number of para-hydroxylation sites is 1. The van der Waals surface area contributed by atoms with Crippen LogP contribution in [0.25, 0.3) is 0 Å². The Morgan fingerprint density at radius 3 is 2.40 bits per heavy atom. The lowest BCUT2D eigenvalue weighted by Crippen LogP contribution is -2.26. The number of sulfonamides is 1. The fraction of sp³-hybridized carbons (Fsp3) is 0.208. The van der Waals surface area contributed by atoms with E-state index in [1.54, 1.807) is 19.1 Å². The first-order chi connectivity index (χ1) is 14.4. The van der Waals surface area contributed by atoms with E-state index in [1.807, 2.05) is 54.6 Å². The molecule has 154 valence electrons. The van der Waals surface area contributed by atoms with Crippen molar-refractivity contribution in [3.8, 4) is 0 Å². The van der Waals surface area contributed by atoms with Gasteiger partial charge in [-0.2, -0.15) is 0 Å². The minimum absolute atomic E-state index is 0.0124. The van der Waals surface area contributed by atoms with E-state index in [1.165, 1.54) is 6.07 Å². The number of benzene rings is 3. The van der Waals surface area contributed by atoms with Gasteiger partial charge >= 0.3 is 0 Å². The Morgan fingerprint density at radius 1 is 0.967 bits per heavy atom. The third kappa shape index (κ3) is 4.78. The van der Waals surface area contributed by atoms with Crippen LogP contribution in [0.15, 0.2) is 77.7 Å². The zero-order valence-corrected chi connectivity index (χ0v) is 17.6. The van der Waals surface area contributed by atoms with Crippen LogP contribution in [0, 0.1) is 6.92 Å². The molecule has 0 unspecified atom stereocenters. The zero-order valence-electron chi connectivity index (χ0n) is 16.8. The Balaban J connectivity index is 1.58. The molecule has 1 aliphatic rings. The molecular weight excluding hydrogens is 396 g/mol. The van der Waals surface area contributed by atoms with E-state index in [0.717, 1.165) is 35.2 Å². The zero-order chi connectivity index (χ0) is 21.1. The van der Waals surface area contributed by atoms with Gasteiger partial charge in [-0.3, -0.25) is 4.79 Å². The molecule has 6 heteroatoms. The van der Waals surface area contributed by atoms with E-state index < -0.39 is 10.0 Å². The van der Waals surface area contributed by atoms with Crippen molar-refractivity contribution in [2.45, 2.75) is 37.1 Å². The molecule has 3 aromatic carbocycles. The van der Waals surface area contributed by atoms with Crippen LogP contribution in [-0.4, -0.2) is 20.4 Å². The lowest BCUT2D eigenvalue weighted by atomic mass is 10.0. The Morgan fingerprint density at radius 2 is 1.67 bits per heavy atom. The van der Waals surface area contributed by atoms with E-state index in [4.69, 9.17) is 0 Å². The maximum absolute atomic E-state index is 13.0. The Hall–Kier alpha value is -2.96. The number of carbonyl (C=O) groups is 1. The number of anilines is 1. The van der Waals surface area contributed by atoms with Gasteiger partial charge in [0.2, 0.25) is 10.0 Å². The minimum Gasteiger partial charge on any atom is -0.322 e. The van der Waals surface area contributed by atoms with Crippen molar-refractivity contribution in [1.29, 1.82) is 0 Å². The van der Waals surface area contributed by atoms with E-state index in [2.05, 4.69) is 10.0 Å². The van der Waals surface area contributed by atoms with E-state index in [9.17, 15) is 13.2 Å². The fourth-order valence-electron chi connectivity index (χ4n) is 3.30. The second-order valence-corrected chi connectivity index (χ2v) is 9.36. The smallest absolute Gasteiger partial charge is 0.255 e. The summed E-state index contributed by atoms with van der Waals surface area (Å²) in [6.07, 6.45) is 2.41. The first kappa shape index (κ1) is 20.3. The van der Waals surface area contributed by atoms with Gasteiger partial charge in [-0.05, 0) is 61.1 Å². The molecule has 1 aliphatic carbocycles. The first-order valence-corrected chi connectivity index (χ1v) is 11.5. The maximum atomic E-state index is 13.0. The lowest BCUT2D eigenvalue weighted by Gasteiger charge is -2.14. The molecule has 2 N–H and O–H groups in total. The van der Waals surface area contributed by atoms with Gasteiger partial charge in [0.1, 0.15) is 0 Å². The van der Waals surface area contributed by atoms with Crippen molar-refractivity contribution in [2.75, 3.05) is 5.32 Å². The van der Waals surface area contributed by atoms with Crippen molar-refractivity contribution in [3.05, 3.63) is 95.1 Å². The summed E-state index contributed by atoms with van der Waals surface area (Å²) in [6.45, 7) is 1.80. The third-order valence-electron chi connectivity index (χ3n) is 5.17. The highest BCUT2D eigenvalue weighted by Crippen LogP contribution is 2.24. The van der Waals surface area contributed by atoms with Crippen LogP contribution in [0.3, 0.4) is 0 Å². The molecule has 0 radical (unpaired) electrons. The molecule has 30 heavy (non-hydrogen) atoms. The summed E-state index contributed by atoms with van der Waals surface area (Å²) < 4.78 is 27.7. The Kier molecular flexibility index (Phi) is 5.70. The molecule has 0 aliphatic heterocycles. The van der Waals surface area contributed by atoms with Crippen molar-refractivity contribution in [3.63, 3.8) is 0 Å². The summed E-state index contributed by atoms with van der Waals surface area (Å²) in [6, 6.07) is 22.4. The van der Waals surface area contributed by atoms with Crippen LogP contribution in [0.1, 0.15) is 39.9 Å². The summed E-state index contributed by atoms with van der Waals surface area (Å²) in [5, 5.41) is 2.97. The van der Waals surface area contributed by atoms with Crippen molar-refractivity contribution >= 4 is 21.6 Å². The number of carbonyl (C=O) groups excluding carboxylic acids is 1. The minimum atomic E-state index is -3.62.